The first-order chi connectivity index (χ1) is 4.63. The lowest BCUT2D eigenvalue weighted by Gasteiger charge is -2.01. The van der Waals surface area contributed by atoms with Crippen LogP contribution >= 0.6 is 11.8 Å². The predicted octanol–water partition coefficient (Wildman–Crippen LogP) is 1.06. The van der Waals surface area contributed by atoms with Gasteiger partial charge >= 0.3 is 0 Å². The molecule has 1 atom stereocenters. The first kappa shape index (κ1) is 9.18. The molecule has 0 aliphatic heterocycles. The number of nitrogens with one attached hydrogen (secondary N) is 1. The van der Waals surface area contributed by atoms with Crippen LogP contribution in [0, 0.1) is 22.7 Å². The summed E-state index contributed by atoms with van der Waals surface area (Å²) in [5.41, 5.74) is 0. The van der Waals surface area contributed by atoms with Crippen LogP contribution in [-0.2, 0) is 4.79 Å². The monoisotopic (exact) mass is 156 g/mol. The molecule has 0 amide bonds. The molecule has 0 aromatic heterocycles. The Balaban J connectivity index is 4.25. The van der Waals surface area contributed by atoms with Crippen LogP contribution in [0.25, 0.3) is 0 Å². The zero-order chi connectivity index (χ0) is 8.15. The summed E-state index contributed by atoms with van der Waals surface area (Å²) in [7, 11) is 0. The summed E-state index contributed by atoms with van der Waals surface area (Å²) in [6.07, 6.45) is 1.68. The van der Waals surface area contributed by atoms with Crippen LogP contribution in [0.4, 0.5) is 0 Å². The zero-order valence-electron chi connectivity index (χ0n) is 5.84. The van der Waals surface area contributed by atoms with Crippen molar-refractivity contribution in [2.75, 3.05) is 6.26 Å². The number of carbonyl (C=O) groups is 1. The largest absolute Gasteiger partial charge is 0.298 e. The van der Waals surface area contributed by atoms with Gasteiger partial charge in [0.1, 0.15) is 0 Å². The molecule has 0 saturated carbocycles. The first-order valence-electron chi connectivity index (χ1n) is 2.66. The predicted molar refractivity (Wildman–Crippen MR) is 41.0 cm³/mol. The van der Waals surface area contributed by atoms with Crippen LogP contribution in [0.2, 0.25) is 0 Å². The van der Waals surface area contributed by atoms with Gasteiger partial charge in [0.25, 0.3) is 0 Å². The highest BCUT2D eigenvalue weighted by molar-refractivity contribution is 8.13. The topological polar surface area (TPSA) is 64.7 Å². The minimum atomic E-state index is -0.852. The third-order valence-electron chi connectivity index (χ3n) is 1.02. The van der Waals surface area contributed by atoms with Crippen molar-refractivity contribution in [2.45, 2.75) is 6.92 Å². The number of hydrogen-bond donors (Lipinski definition) is 1. The molecule has 0 aromatic rings. The quantitative estimate of drug-likeness (QED) is 0.480. The highest BCUT2D eigenvalue weighted by Gasteiger charge is 2.17. The maximum absolute atomic E-state index is 10.6. The summed E-state index contributed by atoms with van der Waals surface area (Å²) in [5, 5.41) is 15.6. The van der Waals surface area contributed by atoms with Crippen molar-refractivity contribution < 1.29 is 4.79 Å². The van der Waals surface area contributed by atoms with Crippen LogP contribution in [0.3, 0.4) is 0 Å². The molecule has 4 heteroatoms. The van der Waals surface area contributed by atoms with Gasteiger partial charge in [0.2, 0.25) is 0 Å². The van der Waals surface area contributed by atoms with E-state index in [-0.39, 0.29) is 10.8 Å². The van der Waals surface area contributed by atoms with E-state index in [1.54, 1.807) is 12.3 Å². The van der Waals surface area contributed by atoms with Crippen molar-refractivity contribution in [1.82, 2.24) is 0 Å². The first-order valence-corrected chi connectivity index (χ1v) is 3.88. The Bertz CT molecular complexity index is 194. The summed E-state index contributed by atoms with van der Waals surface area (Å²) in [6.45, 7) is 1.32. The van der Waals surface area contributed by atoms with Crippen molar-refractivity contribution in [3.8, 4) is 6.07 Å². The molecule has 0 radical (unpaired) electrons. The molecular formula is C6H8N2OS. The van der Waals surface area contributed by atoms with Crippen LogP contribution in [0.5, 0.6) is 0 Å². The van der Waals surface area contributed by atoms with Crippen molar-refractivity contribution >= 4 is 22.6 Å². The van der Waals surface area contributed by atoms with E-state index < -0.39 is 5.92 Å². The summed E-state index contributed by atoms with van der Waals surface area (Å²) in [4.78, 5) is 10.6. The van der Waals surface area contributed by atoms with E-state index >= 15 is 0 Å². The Labute approximate surface area is 63.9 Å². The molecule has 0 heterocycles. The van der Waals surface area contributed by atoms with Crippen molar-refractivity contribution in [1.29, 1.82) is 10.7 Å². The fourth-order valence-electron chi connectivity index (χ4n) is 0.452. The highest BCUT2D eigenvalue weighted by atomic mass is 32.2. The third kappa shape index (κ3) is 2.19. The van der Waals surface area contributed by atoms with Crippen molar-refractivity contribution in [2.24, 2.45) is 5.92 Å². The Morgan fingerprint density at radius 2 is 2.30 bits per heavy atom. The number of nitriles is 1. The minimum absolute atomic E-state index is 0.120. The Morgan fingerprint density at radius 3 is 2.40 bits per heavy atom. The standard InChI is InChI=1S/C6H8N2OS/c1-4(9)5(3-7)6(8)10-2/h5,8H,1-2H3/t5-/m1/s1. The second-order valence-corrected chi connectivity index (χ2v) is 2.59. The van der Waals surface area contributed by atoms with Gasteiger partial charge < -0.3 is 0 Å². The number of hydrogen-bond acceptors (Lipinski definition) is 4. The number of ketones is 1. The fourth-order valence-corrected chi connectivity index (χ4v) is 0.906. The van der Waals surface area contributed by atoms with Crippen LogP contribution < -0.4 is 0 Å². The van der Waals surface area contributed by atoms with E-state index in [9.17, 15) is 4.79 Å². The normalized spacial score (nSPS) is 11.7. The molecule has 54 valence electrons. The number of carbonyl (C=O) groups excluding carboxylic acids is 1. The number of thioether (sulfide) groups is 1. The highest BCUT2D eigenvalue weighted by Crippen LogP contribution is 2.08. The van der Waals surface area contributed by atoms with E-state index in [2.05, 4.69) is 0 Å². The molecule has 0 bridgehead atoms. The molecule has 0 unspecified atom stereocenters. The summed E-state index contributed by atoms with van der Waals surface area (Å²) < 4.78 is 0. The lowest BCUT2D eigenvalue weighted by Crippen LogP contribution is -2.16. The van der Waals surface area contributed by atoms with E-state index in [0.717, 1.165) is 11.8 Å². The van der Waals surface area contributed by atoms with Crippen LogP contribution in [0.15, 0.2) is 0 Å². The molecule has 0 aliphatic carbocycles. The van der Waals surface area contributed by atoms with Gasteiger partial charge in [-0.3, -0.25) is 10.2 Å². The van der Waals surface area contributed by atoms with Gasteiger partial charge in [0.05, 0.1) is 11.1 Å². The molecule has 0 saturated heterocycles. The average Bonchev–Trinajstić information content (AvgIpc) is 1.88. The van der Waals surface area contributed by atoms with Gasteiger partial charge in [0.15, 0.2) is 11.7 Å². The molecule has 0 rings (SSSR count). The Hall–Kier alpha value is -0.820. The maximum Gasteiger partial charge on any atom is 0.153 e. The molecule has 0 aromatic carbocycles. The second kappa shape index (κ2) is 4.07. The van der Waals surface area contributed by atoms with E-state index in [1.807, 2.05) is 0 Å². The zero-order valence-corrected chi connectivity index (χ0v) is 6.66. The van der Waals surface area contributed by atoms with Gasteiger partial charge in [-0.1, -0.05) is 0 Å². The molecule has 10 heavy (non-hydrogen) atoms. The number of nitrogens with zero attached hydrogens (tertiary/aromatic N) is 1. The third-order valence-corrected chi connectivity index (χ3v) is 1.69. The number of rotatable bonds is 2. The summed E-state index contributed by atoms with van der Waals surface area (Å²) in [5.74, 6) is -1.11. The van der Waals surface area contributed by atoms with Crippen LogP contribution in [-0.4, -0.2) is 17.1 Å². The SMILES string of the molecule is CSC(=N)[C@H](C#N)C(C)=O. The lowest BCUT2D eigenvalue weighted by atomic mass is 10.1. The van der Waals surface area contributed by atoms with E-state index in [1.165, 1.54) is 6.92 Å². The molecule has 0 aliphatic rings. The molecular weight excluding hydrogens is 148 g/mol. The average molecular weight is 156 g/mol. The van der Waals surface area contributed by atoms with E-state index in [0.29, 0.717) is 0 Å². The van der Waals surface area contributed by atoms with E-state index in [4.69, 9.17) is 10.7 Å². The molecule has 3 nitrogen and oxygen atoms in total. The number of Topliss-reactive ketones (excluding diaryl/α,β-unsaturated/α-hetero) is 1. The lowest BCUT2D eigenvalue weighted by molar-refractivity contribution is -0.117. The van der Waals surface area contributed by atoms with Gasteiger partial charge in [0, 0.05) is 0 Å². The Morgan fingerprint density at radius 1 is 1.80 bits per heavy atom. The van der Waals surface area contributed by atoms with Gasteiger partial charge in [-0.05, 0) is 13.2 Å². The molecule has 0 spiro atoms. The van der Waals surface area contributed by atoms with Crippen LogP contribution in [0.1, 0.15) is 6.92 Å². The smallest absolute Gasteiger partial charge is 0.153 e. The van der Waals surface area contributed by atoms with Gasteiger partial charge in [-0.15, -0.1) is 11.8 Å². The Kier molecular flexibility index (Phi) is 3.74. The fraction of sp³-hybridized carbons (Fsp3) is 0.500. The summed E-state index contributed by atoms with van der Waals surface area (Å²) >= 11 is 1.13. The minimum Gasteiger partial charge on any atom is -0.298 e. The maximum atomic E-state index is 10.6. The van der Waals surface area contributed by atoms with Gasteiger partial charge in [-0.2, -0.15) is 5.26 Å². The second-order valence-electron chi connectivity index (χ2n) is 1.74. The van der Waals surface area contributed by atoms with Crippen molar-refractivity contribution in [3.63, 3.8) is 0 Å². The van der Waals surface area contributed by atoms with Gasteiger partial charge in [-0.25, -0.2) is 0 Å². The summed E-state index contributed by atoms with van der Waals surface area (Å²) in [6, 6.07) is 1.76. The molecule has 0 fully saturated rings. The molecule has 1 N–H and O–H groups in total. The van der Waals surface area contributed by atoms with Crippen molar-refractivity contribution in [3.05, 3.63) is 0 Å².